The summed E-state index contributed by atoms with van der Waals surface area (Å²) in [6.07, 6.45) is -0.666. The maximum absolute atomic E-state index is 13.3. The third-order valence-electron chi connectivity index (χ3n) is 2.50. The first-order valence-corrected chi connectivity index (χ1v) is 5.95. The summed E-state index contributed by atoms with van der Waals surface area (Å²) in [5, 5.41) is 12.2. The Labute approximate surface area is 121 Å². The molecule has 0 aliphatic heterocycles. The van der Waals surface area contributed by atoms with Crippen molar-refractivity contribution in [1.29, 1.82) is 0 Å². The standard InChI is InChI=1S/C12H11F5N2O3/c1-4(20)2-3-18-11(21)12(22)19-10-8(16)6(14)5(13)7(15)9(10)17/h4,20H,2-3H2,1H3,(H,18,21)(H,19,22). The second kappa shape index (κ2) is 7.16. The molecule has 0 bridgehead atoms. The zero-order valence-electron chi connectivity index (χ0n) is 11.1. The van der Waals surface area contributed by atoms with Crippen LogP contribution in [-0.4, -0.2) is 29.6 Å². The van der Waals surface area contributed by atoms with Crippen molar-refractivity contribution in [2.75, 3.05) is 11.9 Å². The van der Waals surface area contributed by atoms with E-state index in [0.717, 1.165) is 0 Å². The Morgan fingerprint density at radius 2 is 1.41 bits per heavy atom. The van der Waals surface area contributed by atoms with Crippen molar-refractivity contribution in [3.8, 4) is 0 Å². The van der Waals surface area contributed by atoms with Crippen molar-refractivity contribution in [1.82, 2.24) is 5.32 Å². The number of benzene rings is 1. The van der Waals surface area contributed by atoms with Gasteiger partial charge in [-0.2, -0.15) is 0 Å². The van der Waals surface area contributed by atoms with Gasteiger partial charge in [-0.1, -0.05) is 0 Å². The minimum atomic E-state index is -2.38. The number of halogens is 5. The molecule has 122 valence electrons. The van der Waals surface area contributed by atoms with E-state index < -0.39 is 52.7 Å². The first-order valence-electron chi connectivity index (χ1n) is 5.95. The Morgan fingerprint density at radius 3 is 1.86 bits per heavy atom. The number of carbonyl (C=O) groups excluding carboxylic acids is 2. The molecule has 3 N–H and O–H groups in total. The summed E-state index contributed by atoms with van der Waals surface area (Å²) in [7, 11) is 0. The second-order valence-electron chi connectivity index (χ2n) is 4.29. The number of hydrogen-bond acceptors (Lipinski definition) is 3. The zero-order valence-corrected chi connectivity index (χ0v) is 11.1. The molecule has 0 aromatic heterocycles. The molecular weight excluding hydrogens is 315 g/mol. The summed E-state index contributed by atoms with van der Waals surface area (Å²) >= 11 is 0. The van der Waals surface area contributed by atoms with E-state index in [0.29, 0.717) is 0 Å². The van der Waals surface area contributed by atoms with Gasteiger partial charge in [0.2, 0.25) is 5.82 Å². The lowest BCUT2D eigenvalue weighted by Crippen LogP contribution is -2.37. The molecule has 0 radical (unpaired) electrons. The molecule has 0 fully saturated rings. The van der Waals surface area contributed by atoms with Crippen LogP contribution in [0.5, 0.6) is 0 Å². The smallest absolute Gasteiger partial charge is 0.313 e. The van der Waals surface area contributed by atoms with Crippen LogP contribution >= 0.6 is 0 Å². The van der Waals surface area contributed by atoms with Crippen molar-refractivity contribution in [3.05, 3.63) is 29.1 Å². The molecular formula is C12H11F5N2O3. The Hall–Kier alpha value is -2.23. The van der Waals surface area contributed by atoms with E-state index in [1.807, 2.05) is 5.32 Å². The number of hydrogen-bond donors (Lipinski definition) is 3. The van der Waals surface area contributed by atoms with Gasteiger partial charge in [0, 0.05) is 6.54 Å². The minimum absolute atomic E-state index is 0.0988. The van der Waals surface area contributed by atoms with Crippen molar-refractivity contribution < 1.29 is 36.6 Å². The van der Waals surface area contributed by atoms with Gasteiger partial charge in [-0.3, -0.25) is 9.59 Å². The summed E-state index contributed by atoms with van der Waals surface area (Å²) in [5.74, 6) is -14.4. The molecule has 5 nitrogen and oxygen atoms in total. The molecule has 0 heterocycles. The van der Waals surface area contributed by atoms with Gasteiger partial charge in [-0.05, 0) is 13.3 Å². The number of rotatable bonds is 4. The first kappa shape index (κ1) is 17.8. The number of aliphatic hydroxyl groups is 1. The average Bonchev–Trinajstić information content (AvgIpc) is 2.46. The fourth-order valence-corrected chi connectivity index (χ4v) is 1.36. The molecule has 1 rings (SSSR count). The fraction of sp³-hybridized carbons (Fsp3) is 0.333. The fourth-order valence-electron chi connectivity index (χ4n) is 1.36. The Morgan fingerprint density at radius 1 is 0.955 bits per heavy atom. The van der Waals surface area contributed by atoms with Crippen LogP contribution in [0.3, 0.4) is 0 Å². The molecule has 0 aliphatic rings. The minimum Gasteiger partial charge on any atom is -0.393 e. The molecule has 1 aromatic carbocycles. The summed E-state index contributed by atoms with van der Waals surface area (Å²) in [4.78, 5) is 22.6. The highest BCUT2D eigenvalue weighted by Crippen LogP contribution is 2.26. The highest BCUT2D eigenvalue weighted by Gasteiger charge is 2.28. The van der Waals surface area contributed by atoms with Gasteiger partial charge >= 0.3 is 11.8 Å². The molecule has 10 heteroatoms. The van der Waals surface area contributed by atoms with Crippen molar-refractivity contribution in [3.63, 3.8) is 0 Å². The van der Waals surface area contributed by atoms with Crippen LogP contribution in [0, 0.1) is 29.1 Å². The van der Waals surface area contributed by atoms with Gasteiger partial charge in [0.15, 0.2) is 23.3 Å². The molecule has 0 aliphatic carbocycles. The van der Waals surface area contributed by atoms with Gasteiger partial charge in [0.1, 0.15) is 5.69 Å². The summed E-state index contributed by atoms with van der Waals surface area (Å²) in [5.41, 5.74) is -1.62. The SMILES string of the molecule is CC(O)CCNC(=O)C(=O)Nc1c(F)c(F)c(F)c(F)c1F. The molecule has 0 spiro atoms. The van der Waals surface area contributed by atoms with Crippen molar-refractivity contribution >= 4 is 17.5 Å². The predicted molar refractivity (Wildman–Crippen MR) is 64.2 cm³/mol. The number of amides is 2. The van der Waals surface area contributed by atoms with Gasteiger partial charge < -0.3 is 15.7 Å². The molecule has 0 saturated carbocycles. The van der Waals surface area contributed by atoms with Gasteiger partial charge in [0.05, 0.1) is 6.10 Å². The Bertz CT molecular complexity index is 578. The van der Waals surface area contributed by atoms with Crippen molar-refractivity contribution in [2.45, 2.75) is 19.4 Å². The Kier molecular flexibility index (Phi) is 5.80. The molecule has 0 saturated heterocycles. The molecule has 1 atom stereocenters. The average molecular weight is 326 g/mol. The number of anilines is 1. The zero-order chi connectivity index (χ0) is 17.0. The third-order valence-corrected chi connectivity index (χ3v) is 2.50. The molecule has 22 heavy (non-hydrogen) atoms. The van der Waals surface area contributed by atoms with E-state index >= 15 is 0 Å². The van der Waals surface area contributed by atoms with Crippen LogP contribution in [0.25, 0.3) is 0 Å². The third kappa shape index (κ3) is 3.91. The molecule has 1 unspecified atom stereocenters. The van der Waals surface area contributed by atoms with Gasteiger partial charge in [-0.25, -0.2) is 22.0 Å². The normalized spacial score (nSPS) is 12.0. The van der Waals surface area contributed by atoms with E-state index in [9.17, 15) is 31.5 Å². The van der Waals surface area contributed by atoms with Crippen LogP contribution in [0.4, 0.5) is 27.6 Å². The van der Waals surface area contributed by atoms with Crippen LogP contribution in [-0.2, 0) is 9.59 Å². The number of aliphatic hydroxyl groups excluding tert-OH is 1. The molecule has 1 aromatic rings. The lowest BCUT2D eigenvalue weighted by molar-refractivity contribution is -0.136. The monoisotopic (exact) mass is 326 g/mol. The van der Waals surface area contributed by atoms with Crippen LogP contribution < -0.4 is 10.6 Å². The maximum atomic E-state index is 13.3. The molecule has 2 amide bonds. The van der Waals surface area contributed by atoms with E-state index in [4.69, 9.17) is 5.11 Å². The summed E-state index contributed by atoms with van der Waals surface area (Å²) in [6, 6.07) is 0. The van der Waals surface area contributed by atoms with Crippen LogP contribution in [0.1, 0.15) is 13.3 Å². The van der Waals surface area contributed by atoms with Crippen LogP contribution in [0.2, 0.25) is 0 Å². The highest BCUT2D eigenvalue weighted by atomic mass is 19.2. The maximum Gasteiger partial charge on any atom is 0.313 e. The highest BCUT2D eigenvalue weighted by molar-refractivity contribution is 6.39. The quantitative estimate of drug-likeness (QED) is 0.337. The van der Waals surface area contributed by atoms with E-state index in [1.165, 1.54) is 12.2 Å². The van der Waals surface area contributed by atoms with Gasteiger partial charge in [-0.15, -0.1) is 0 Å². The van der Waals surface area contributed by atoms with Gasteiger partial charge in [0.25, 0.3) is 0 Å². The summed E-state index contributed by atoms with van der Waals surface area (Å²) < 4.78 is 65.2. The predicted octanol–water partition coefficient (Wildman–Crippen LogP) is 1.21. The Balaban J connectivity index is 2.87. The number of nitrogens with one attached hydrogen (secondary N) is 2. The lowest BCUT2D eigenvalue weighted by atomic mass is 10.2. The lowest BCUT2D eigenvalue weighted by Gasteiger charge is -2.10. The van der Waals surface area contributed by atoms with E-state index in [2.05, 4.69) is 0 Å². The largest absolute Gasteiger partial charge is 0.393 e. The van der Waals surface area contributed by atoms with E-state index in [1.54, 1.807) is 0 Å². The van der Waals surface area contributed by atoms with Crippen LogP contribution in [0.15, 0.2) is 0 Å². The topological polar surface area (TPSA) is 78.4 Å². The number of carbonyl (C=O) groups is 2. The second-order valence-corrected chi connectivity index (χ2v) is 4.29. The summed E-state index contributed by atoms with van der Waals surface area (Å²) in [6.45, 7) is 1.29. The van der Waals surface area contributed by atoms with Crippen molar-refractivity contribution in [2.24, 2.45) is 0 Å². The van der Waals surface area contributed by atoms with E-state index in [-0.39, 0.29) is 13.0 Å². The first-order chi connectivity index (χ1) is 10.2.